The van der Waals surface area contributed by atoms with Crippen LogP contribution in [0.5, 0.6) is 0 Å². The van der Waals surface area contributed by atoms with E-state index in [1.54, 1.807) is 0 Å². The Bertz CT molecular complexity index is 197. The fourth-order valence-corrected chi connectivity index (χ4v) is 1.06. The first-order valence-corrected chi connectivity index (χ1v) is 4.02. The lowest BCUT2D eigenvalue weighted by Gasteiger charge is -2.25. The molecule has 0 aliphatic rings. The first-order chi connectivity index (χ1) is 6.01. The van der Waals surface area contributed by atoms with Crippen molar-refractivity contribution in [3.63, 3.8) is 0 Å². The third-order valence-electron chi connectivity index (χ3n) is 0.922. The third kappa shape index (κ3) is 7.09. The van der Waals surface area contributed by atoms with Gasteiger partial charge < -0.3 is 4.55 Å². The van der Waals surface area contributed by atoms with Crippen LogP contribution in [0.4, 0.5) is 26.3 Å². The number of rotatable bonds is 3. The van der Waals surface area contributed by atoms with E-state index in [-0.39, 0.29) is 0 Å². The minimum Gasteiger partial charge on any atom is -0.760 e. The molecule has 0 aliphatic carbocycles. The topological polar surface area (TPSA) is 43.4 Å². The monoisotopic (exact) mass is 244 g/mol. The van der Waals surface area contributed by atoms with Crippen molar-refractivity contribution in [1.82, 2.24) is 4.31 Å². The Kier molecular flexibility index (Phi) is 4.34. The van der Waals surface area contributed by atoms with Gasteiger partial charge in [-0.1, -0.05) is 0 Å². The van der Waals surface area contributed by atoms with E-state index in [9.17, 15) is 35.1 Å². The quantitative estimate of drug-likeness (QED) is 0.553. The Morgan fingerprint density at radius 3 is 1.43 bits per heavy atom. The summed E-state index contributed by atoms with van der Waals surface area (Å²) in [5.41, 5.74) is 0. The van der Waals surface area contributed by atoms with E-state index in [4.69, 9.17) is 0 Å². The summed E-state index contributed by atoms with van der Waals surface area (Å²) in [5.74, 6) is 0. The first-order valence-electron chi connectivity index (χ1n) is 2.99. The summed E-state index contributed by atoms with van der Waals surface area (Å²) < 4.78 is 88.6. The van der Waals surface area contributed by atoms with E-state index in [2.05, 4.69) is 0 Å². The summed E-state index contributed by atoms with van der Waals surface area (Å²) in [5, 5.41) is 0. The molecule has 0 saturated heterocycles. The van der Waals surface area contributed by atoms with Crippen LogP contribution in [0, 0.1) is 0 Å². The van der Waals surface area contributed by atoms with Gasteiger partial charge in [-0.05, 0) is 0 Å². The fourth-order valence-electron chi connectivity index (χ4n) is 0.561. The molecule has 0 saturated carbocycles. The molecule has 0 aromatic heterocycles. The molecule has 0 bridgehead atoms. The Morgan fingerprint density at radius 1 is 1.00 bits per heavy atom. The van der Waals surface area contributed by atoms with Crippen molar-refractivity contribution < 1.29 is 35.1 Å². The average Bonchev–Trinajstić information content (AvgIpc) is 1.78. The van der Waals surface area contributed by atoms with Gasteiger partial charge in [0, 0.05) is 11.3 Å². The highest BCUT2D eigenvalue weighted by molar-refractivity contribution is 7.76. The van der Waals surface area contributed by atoms with Gasteiger partial charge in [-0.15, -0.1) is 0 Å². The van der Waals surface area contributed by atoms with E-state index in [0.717, 1.165) is 0 Å². The smallest absolute Gasteiger partial charge is 0.402 e. The molecular formula is C4H4F6NO2S-. The van der Waals surface area contributed by atoms with Gasteiger partial charge in [-0.25, -0.2) is 4.31 Å². The SMILES string of the molecule is O=S([O-])N(CC(F)(F)F)CC(F)(F)F. The fraction of sp³-hybridized carbons (Fsp3) is 1.00. The number of halogens is 6. The zero-order valence-electron chi connectivity index (χ0n) is 6.35. The molecule has 86 valence electrons. The minimum absolute atomic E-state index is 0.750. The molecule has 0 amide bonds. The second-order valence-electron chi connectivity index (χ2n) is 2.25. The zero-order chi connectivity index (χ0) is 11.6. The summed E-state index contributed by atoms with van der Waals surface area (Å²) in [6.45, 7) is -4.30. The van der Waals surface area contributed by atoms with Gasteiger partial charge in [0.25, 0.3) is 0 Å². The predicted octanol–water partition coefficient (Wildman–Crippen LogP) is 1.21. The molecule has 0 spiro atoms. The number of nitrogens with zero attached hydrogens (tertiary/aromatic N) is 1. The van der Waals surface area contributed by atoms with Crippen molar-refractivity contribution in [2.24, 2.45) is 0 Å². The lowest BCUT2D eigenvalue weighted by Crippen LogP contribution is -2.41. The maximum Gasteiger partial charge on any atom is 0.402 e. The first kappa shape index (κ1) is 13.7. The van der Waals surface area contributed by atoms with Crippen molar-refractivity contribution in [2.75, 3.05) is 13.1 Å². The van der Waals surface area contributed by atoms with Crippen LogP contribution in [-0.2, 0) is 11.3 Å². The molecule has 0 fully saturated rings. The van der Waals surface area contributed by atoms with Crippen molar-refractivity contribution in [3.8, 4) is 0 Å². The summed E-state index contributed by atoms with van der Waals surface area (Å²) in [6, 6.07) is 0. The molecule has 0 aromatic rings. The molecule has 0 N–H and O–H groups in total. The highest BCUT2D eigenvalue weighted by Gasteiger charge is 2.37. The van der Waals surface area contributed by atoms with Crippen molar-refractivity contribution in [3.05, 3.63) is 0 Å². The van der Waals surface area contributed by atoms with Crippen LogP contribution < -0.4 is 0 Å². The lowest BCUT2D eigenvalue weighted by molar-refractivity contribution is -0.165. The molecule has 0 aromatic carbocycles. The Morgan fingerprint density at radius 2 is 1.29 bits per heavy atom. The average molecular weight is 244 g/mol. The van der Waals surface area contributed by atoms with Gasteiger partial charge in [0.1, 0.15) is 13.1 Å². The predicted molar refractivity (Wildman–Crippen MR) is 32.6 cm³/mol. The second kappa shape index (κ2) is 4.45. The van der Waals surface area contributed by atoms with Gasteiger partial charge in [0.2, 0.25) is 0 Å². The van der Waals surface area contributed by atoms with E-state index in [1.165, 1.54) is 0 Å². The van der Waals surface area contributed by atoms with Crippen LogP contribution in [0.25, 0.3) is 0 Å². The largest absolute Gasteiger partial charge is 0.760 e. The maximum absolute atomic E-state index is 11.6. The van der Waals surface area contributed by atoms with Crippen LogP contribution in [0.3, 0.4) is 0 Å². The van der Waals surface area contributed by atoms with Crippen LogP contribution >= 0.6 is 0 Å². The standard InChI is InChI=1S/C4H5F6NO2S/c5-3(6,7)1-11(14(12)13)2-4(8,9)10/h1-2H2,(H,12,13)/p-1. The van der Waals surface area contributed by atoms with E-state index >= 15 is 0 Å². The highest BCUT2D eigenvalue weighted by Crippen LogP contribution is 2.22. The van der Waals surface area contributed by atoms with Crippen molar-refractivity contribution >= 4 is 11.3 Å². The molecule has 0 heterocycles. The van der Waals surface area contributed by atoms with Crippen LogP contribution in [-0.4, -0.2) is 38.5 Å². The summed E-state index contributed by atoms with van der Waals surface area (Å²) in [4.78, 5) is 0. The highest BCUT2D eigenvalue weighted by atomic mass is 32.2. The number of hydrogen-bond donors (Lipinski definition) is 0. The summed E-state index contributed by atoms with van der Waals surface area (Å²) in [6.07, 6.45) is -9.99. The van der Waals surface area contributed by atoms with Gasteiger partial charge >= 0.3 is 12.4 Å². The number of alkyl halides is 6. The van der Waals surface area contributed by atoms with Crippen LogP contribution in [0.1, 0.15) is 0 Å². The third-order valence-corrected chi connectivity index (χ3v) is 1.60. The molecule has 14 heavy (non-hydrogen) atoms. The van der Waals surface area contributed by atoms with Gasteiger partial charge in [0.05, 0.1) is 0 Å². The number of hydrogen-bond acceptors (Lipinski definition) is 2. The lowest BCUT2D eigenvalue weighted by atomic mass is 10.5. The molecular weight excluding hydrogens is 240 g/mol. The Hall–Kier alpha value is -0.350. The molecule has 1 unspecified atom stereocenters. The molecule has 3 nitrogen and oxygen atoms in total. The summed E-state index contributed by atoms with van der Waals surface area (Å²) >= 11 is -3.55. The van der Waals surface area contributed by atoms with E-state index in [0.29, 0.717) is 0 Å². The Labute approximate surface area is 77.1 Å². The maximum atomic E-state index is 11.6. The molecule has 0 rings (SSSR count). The van der Waals surface area contributed by atoms with E-state index in [1.807, 2.05) is 0 Å². The molecule has 0 aliphatic heterocycles. The minimum atomic E-state index is -4.99. The van der Waals surface area contributed by atoms with Crippen molar-refractivity contribution in [2.45, 2.75) is 12.4 Å². The van der Waals surface area contributed by atoms with E-state index < -0.39 is 41.0 Å². The summed E-state index contributed by atoms with van der Waals surface area (Å²) in [7, 11) is 0. The second-order valence-corrected chi connectivity index (χ2v) is 3.20. The van der Waals surface area contributed by atoms with Crippen molar-refractivity contribution in [1.29, 1.82) is 0 Å². The molecule has 10 heteroatoms. The molecule has 0 radical (unpaired) electrons. The Balaban J connectivity index is 4.40. The normalized spacial score (nSPS) is 16.0. The molecule has 1 atom stereocenters. The van der Waals surface area contributed by atoms with Gasteiger partial charge in [-0.2, -0.15) is 26.3 Å². The van der Waals surface area contributed by atoms with Gasteiger partial charge in [-0.3, -0.25) is 4.21 Å². The van der Waals surface area contributed by atoms with Crippen LogP contribution in [0.15, 0.2) is 0 Å². The zero-order valence-corrected chi connectivity index (χ0v) is 7.17. The van der Waals surface area contributed by atoms with Crippen LogP contribution in [0.2, 0.25) is 0 Å². The van der Waals surface area contributed by atoms with Gasteiger partial charge in [0.15, 0.2) is 0 Å².